The lowest BCUT2D eigenvalue weighted by Crippen LogP contribution is -2.25. The van der Waals surface area contributed by atoms with Gasteiger partial charge in [0.1, 0.15) is 11.5 Å². The Hall–Kier alpha value is -2.37. The van der Waals surface area contributed by atoms with Gasteiger partial charge in [0, 0.05) is 18.4 Å². The highest BCUT2D eigenvalue weighted by Gasteiger charge is 2.26. The molecule has 1 rings (SSSR count). The number of carbonyl (C=O) groups excluding carboxylic acids is 1. The molecule has 0 aromatic heterocycles. The second-order valence-corrected chi connectivity index (χ2v) is 12.6. The van der Waals surface area contributed by atoms with E-state index in [-0.39, 0.29) is 5.97 Å². The molecule has 0 aliphatic rings. The van der Waals surface area contributed by atoms with Crippen LogP contribution in [0.15, 0.2) is 34.9 Å². The molecule has 0 aliphatic carbocycles. The van der Waals surface area contributed by atoms with Gasteiger partial charge in [0.25, 0.3) is 0 Å². The third-order valence-corrected chi connectivity index (χ3v) is 7.98. The molecule has 0 aliphatic heterocycles. The van der Waals surface area contributed by atoms with Crippen LogP contribution in [0.5, 0.6) is 11.5 Å². The first-order valence-corrected chi connectivity index (χ1v) is 16.1. The third kappa shape index (κ3) is 13.7. The fourth-order valence-electron chi connectivity index (χ4n) is 5.07. The molecule has 1 aromatic rings. The van der Waals surface area contributed by atoms with Crippen molar-refractivity contribution in [2.45, 2.75) is 158 Å². The van der Waals surface area contributed by atoms with Crippen LogP contribution < -0.4 is 9.47 Å². The topological polar surface area (TPSA) is 76.0 Å². The molecule has 0 amide bonds. The fraction of sp³-hybridized carbons (Fsp3) is 0.649. The summed E-state index contributed by atoms with van der Waals surface area (Å²) in [4.78, 5) is 12.4. The molecule has 2 N–H and O–H groups in total. The minimum atomic E-state index is -0.913. The van der Waals surface area contributed by atoms with Crippen LogP contribution in [-0.4, -0.2) is 28.1 Å². The van der Waals surface area contributed by atoms with E-state index in [1.54, 1.807) is 0 Å². The van der Waals surface area contributed by atoms with Crippen molar-refractivity contribution in [3.05, 3.63) is 57.2 Å². The number of ether oxygens (including phenoxy) is 2. The van der Waals surface area contributed by atoms with E-state index in [1.807, 2.05) is 41.5 Å². The number of rotatable bonds is 19. The lowest BCUT2D eigenvalue weighted by molar-refractivity contribution is -0.134. The Bertz CT molecular complexity index is 1090. The summed E-state index contributed by atoms with van der Waals surface area (Å²) in [5, 5.41) is 21.8. The first kappa shape index (κ1) is 37.7. The van der Waals surface area contributed by atoms with Gasteiger partial charge in [-0.25, -0.2) is 0 Å². The molecule has 238 valence electrons. The van der Waals surface area contributed by atoms with E-state index in [1.165, 1.54) is 16.7 Å². The summed E-state index contributed by atoms with van der Waals surface area (Å²) in [7, 11) is 0. The maximum Gasteiger partial charge on any atom is 0.311 e. The van der Waals surface area contributed by atoms with E-state index in [2.05, 4.69) is 45.9 Å². The SMILES string of the molecule is CCCC(=O)Oc1c(C)c(C)c(OC(O)CCC)c(CC[C@](C)(O)CC/C=C(\C)CC/C=C(\C)CCC=C(C)C)c1C. The van der Waals surface area contributed by atoms with Crippen molar-refractivity contribution in [3.8, 4) is 11.5 Å². The van der Waals surface area contributed by atoms with Crippen LogP contribution in [0.25, 0.3) is 0 Å². The van der Waals surface area contributed by atoms with Gasteiger partial charge in [-0.3, -0.25) is 4.79 Å². The second-order valence-electron chi connectivity index (χ2n) is 12.6. The predicted octanol–water partition coefficient (Wildman–Crippen LogP) is 9.70. The number of benzene rings is 1. The van der Waals surface area contributed by atoms with Crippen molar-refractivity contribution in [3.63, 3.8) is 0 Å². The first-order valence-electron chi connectivity index (χ1n) is 16.1. The second kappa shape index (κ2) is 19.0. The molecule has 0 saturated carbocycles. The molecular weight excluding hydrogens is 524 g/mol. The summed E-state index contributed by atoms with van der Waals surface area (Å²) in [6, 6.07) is 0. The van der Waals surface area contributed by atoms with Crippen molar-refractivity contribution >= 4 is 5.97 Å². The summed E-state index contributed by atoms with van der Waals surface area (Å²) in [5.41, 5.74) is 6.69. The van der Waals surface area contributed by atoms with Crippen LogP contribution in [-0.2, 0) is 11.2 Å². The average Bonchev–Trinajstić information content (AvgIpc) is 2.89. The molecule has 0 spiro atoms. The van der Waals surface area contributed by atoms with Crippen molar-refractivity contribution < 1.29 is 24.5 Å². The molecule has 1 aromatic carbocycles. The zero-order chi connectivity index (χ0) is 31.9. The maximum atomic E-state index is 12.4. The standard InChI is InChI=1S/C37H60O5/c1-11-16-33(38)41-35-29(7)30(8)36(42-34(39)17-12-2)32(31(35)9)23-25-37(10,40)24-15-22-28(6)21-14-20-27(5)19-13-18-26(3)4/h18,20,22,34,39-40H,11-17,19,21,23-25H2,1-10H3/b27-20+,28-22+/t34?,37-/m1/s1. The van der Waals surface area contributed by atoms with Gasteiger partial charge < -0.3 is 19.7 Å². The van der Waals surface area contributed by atoms with Gasteiger partial charge in [-0.2, -0.15) is 0 Å². The van der Waals surface area contributed by atoms with Gasteiger partial charge >= 0.3 is 5.97 Å². The number of carbonyl (C=O) groups is 1. The highest BCUT2D eigenvalue weighted by atomic mass is 16.6. The number of hydrogen-bond donors (Lipinski definition) is 2. The minimum Gasteiger partial charge on any atom is -0.465 e. The molecular formula is C37H60O5. The highest BCUT2D eigenvalue weighted by Crippen LogP contribution is 2.40. The Kier molecular flexibility index (Phi) is 17.1. The zero-order valence-corrected chi connectivity index (χ0v) is 28.4. The minimum absolute atomic E-state index is 0.253. The lowest BCUT2D eigenvalue weighted by atomic mass is 9.88. The van der Waals surface area contributed by atoms with Crippen molar-refractivity contribution in [1.29, 1.82) is 0 Å². The van der Waals surface area contributed by atoms with Gasteiger partial charge in [0.05, 0.1) is 5.60 Å². The lowest BCUT2D eigenvalue weighted by Gasteiger charge is -2.27. The van der Waals surface area contributed by atoms with Crippen molar-refractivity contribution in [2.75, 3.05) is 0 Å². The quantitative estimate of drug-likeness (QED) is 0.0732. The van der Waals surface area contributed by atoms with Gasteiger partial charge in [0.2, 0.25) is 0 Å². The Morgan fingerprint density at radius 2 is 1.38 bits per heavy atom. The maximum absolute atomic E-state index is 12.4. The molecule has 0 fully saturated rings. The van der Waals surface area contributed by atoms with Crippen LogP contribution >= 0.6 is 0 Å². The monoisotopic (exact) mass is 584 g/mol. The summed E-state index contributed by atoms with van der Waals surface area (Å²) in [5.74, 6) is 0.951. The summed E-state index contributed by atoms with van der Waals surface area (Å²) in [6.45, 7) is 20.3. The molecule has 2 atom stereocenters. The fourth-order valence-corrected chi connectivity index (χ4v) is 5.07. The number of esters is 1. The van der Waals surface area contributed by atoms with Gasteiger partial charge in [0.15, 0.2) is 6.29 Å². The largest absolute Gasteiger partial charge is 0.465 e. The molecule has 5 heteroatoms. The normalized spacial score (nSPS) is 14.4. The van der Waals surface area contributed by atoms with Crippen molar-refractivity contribution in [2.24, 2.45) is 0 Å². The van der Waals surface area contributed by atoms with Gasteiger partial charge in [-0.1, -0.05) is 55.2 Å². The number of aliphatic hydroxyl groups excluding tert-OH is 1. The third-order valence-electron chi connectivity index (χ3n) is 7.98. The summed E-state index contributed by atoms with van der Waals surface area (Å²) in [6.07, 6.45) is 15.2. The molecule has 0 saturated heterocycles. The highest BCUT2D eigenvalue weighted by molar-refractivity contribution is 5.74. The van der Waals surface area contributed by atoms with Crippen LogP contribution in [0.1, 0.15) is 141 Å². The first-order chi connectivity index (χ1) is 19.7. The van der Waals surface area contributed by atoms with E-state index in [0.717, 1.165) is 67.2 Å². The Morgan fingerprint density at radius 3 is 1.95 bits per heavy atom. The van der Waals surface area contributed by atoms with E-state index >= 15 is 0 Å². The molecule has 5 nitrogen and oxygen atoms in total. The van der Waals surface area contributed by atoms with E-state index in [0.29, 0.717) is 43.6 Å². The van der Waals surface area contributed by atoms with Crippen molar-refractivity contribution in [1.82, 2.24) is 0 Å². The van der Waals surface area contributed by atoms with Crippen LogP contribution in [0.3, 0.4) is 0 Å². The molecule has 42 heavy (non-hydrogen) atoms. The van der Waals surface area contributed by atoms with E-state index in [4.69, 9.17) is 9.47 Å². The number of hydrogen-bond acceptors (Lipinski definition) is 5. The smallest absolute Gasteiger partial charge is 0.311 e. The number of aliphatic hydroxyl groups is 2. The van der Waals surface area contributed by atoms with Gasteiger partial charge in [-0.15, -0.1) is 0 Å². The average molecular weight is 585 g/mol. The summed E-state index contributed by atoms with van der Waals surface area (Å²) < 4.78 is 11.9. The predicted molar refractivity (Wildman–Crippen MR) is 176 cm³/mol. The van der Waals surface area contributed by atoms with E-state index in [9.17, 15) is 15.0 Å². The number of allylic oxidation sites excluding steroid dienone is 6. The Labute approximate surface area is 257 Å². The molecule has 0 bridgehead atoms. The van der Waals surface area contributed by atoms with Crippen LogP contribution in [0.4, 0.5) is 0 Å². The Morgan fingerprint density at radius 1 is 0.810 bits per heavy atom. The van der Waals surface area contributed by atoms with Crippen LogP contribution in [0.2, 0.25) is 0 Å². The summed E-state index contributed by atoms with van der Waals surface area (Å²) >= 11 is 0. The molecule has 0 radical (unpaired) electrons. The Balaban J connectivity index is 2.96. The van der Waals surface area contributed by atoms with E-state index < -0.39 is 11.9 Å². The zero-order valence-electron chi connectivity index (χ0n) is 28.4. The van der Waals surface area contributed by atoms with Gasteiger partial charge in [-0.05, 0) is 130 Å². The molecule has 1 unspecified atom stereocenters. The van der Waals surface area contributed by atoms with Crippen LogP contribution in [0, 0.1) is 20.8 Å². The molecule has 0 heterocycles.